The van der Waals surface area contributed by atoms with Crippen LogP contribution in [0.3, 0.4) is 0 Å². The van der Waals surface area contributed by atoms with Crippen molar-refractivity contribution in [3.63, 3.8) is 0 Å². The van der Waals surface area contributed by atoms with Crippen molar-refractivity contribution in [2.24, 2.45) is 0 Å². The Kier molecular flexibility index (Phi) is 4.95. The summed E-state index contributed by atoms with van der Waals surface area (Å²) in [6.07, 6.45) is 8.17. The van der Waals surface area contributed by atoms with E-state index in [1.807, 2.05) is 18.5 Å². The lowest BCUT2D eigenvalue weighted by Gasteiger charge is -2.32. The zero-order chi connectivity index (χ0) is 17.4. The Hall–Kier alpha value is -1.05. The molecule has 2 saturated heterocycles. The van der Waals surface area contributed by atoms with Crippen LogP contribution in [0.2, 0.25) is 0 Å². The summed E-state index contributed by atoms with van der Waals surface area (Å²) in [6, 6.07) is 0. The van der Waals surface area contributed by atoms with Crippen LogP contribution in [0.4, 0.5) is 5.95 Å². The second-order valence-electron chi connectivity index (χ2n) is 7.48. The molecule has 0 aliphatic carbocycles. The topological polar surface area (TPSA) is 47.5 Å². The van der Waals surface area contributed by atoms with Crippen molar-refractivity contribution in [3.8, 4) is 0 Å². The summed E-state index contributed by atoms with van der Waals surface area (Å²) in [4.78, 5) is 11.2. The average Bonchev–Trinajstić information content (AvgIpc) is 3.12. The summed E-state index contributed by atoms with van der Waals surface area (Å²) in [5.41, 5.74) is 1.22. The zero-order valence-corrected chi connectivity index (χ0v) is 15.8. The van der Waals surface area contributed by atoms with Crippen LogP contribution in [0.25, 0.3) is 6.08 Å². The van der Waals surface area contributed by atoms with Crippen LogP contribution < -0.4 is 4.90 Å². The Bertz CT molecular complexity index is 597. The molecule has 24 heavy (non-hydrogen) atoms. The van der Waals surface area contributed by atoms with Gasteiger partial charge in [-0.3, -0.25) is 0 Å². The van der Waals surface area contributed by atoms with Crippen molar-refractivity contribution >= 4 is 31.8 Å². The quantitative estimate of drug-likeness (QED) is 0.670. The lowest BCUT2D eigenvalue weighted by molar-refractivity contribution is 0.00578. The fourth-order valence-corrected chi connectivity index (χ4v) is 3.12. The van der Waals surface area contributed by atoms with Gasteiger partial charge in [0.1, 0.15) is 0 Å². The van der Waals surface area contributed by atoms with Crippen molar-refractivity contribution in [2.45, 2.75) is 51.7 Å². The molecule has 0 N–H and O–H groups in total. The molecule has 0 spiro atoms. The maximum absolute atomic E-state index is 6.11. The Morgan fingerprint density at radius 2 is 1.71 bits per heavy atom. The summed E-state index contributed by atoms with van der Waals surface area (Å²) in [5, 5.41) is 0. The van der Waals surface area contributed by atoms with E-state index < -0.39 is 0 Å². The van der Waals surface area contributed by atoms with Gasteiger partial charge in [-0.25, -0.2) is 9.97 Å². The molecule has 2 fully saturated rings. The second kappa shape index (κ2) is 6.69. The summed E-state index contributed by atoms with van der Waals surface area (Å²) in [6.45, 7) is 10.3. The van der Waals surface area contributed by atoms with Gasteiger partial charge in [0, 0.05) is 36.8 Å². The predicted molar refractivity (Wildman–Crippen MR) is 101 cm³/mol. The molecule has 0 atom stereocenters. The van der Waals surface area contributed by atoms with E-state index in [4.69, 9.17) is 9.31 Å². The third-order valence-electron chi connectivity index (χ3n) is 5.14. The molecule has 3 heterocycles. The van der Waals surface area contributed by atoms with E-state index in [9.17, 15) is 0 Å². The Morgan fingerprint density at radius 1 is 1.17 bits per heavy atom. The van der Waals surface area contributed by atoms with Gasteiger partial charge >= 0.3 is 7.12 Å². The Balaban J connectivity index is 1.76. The smallest absolute Gasteiger partial charge is 0.400 e. The lowest BCUT2D eigenvalue weighted by atomic mass is 9.78. The lowest BCUT2D eigenvalue weighted by Crippen LogP contribution is -2.41. The van der Waals surface area contributed by atoms with Crippen LogP contribution in [0.1, 0.15) is 46.1 Å². The average molecular weight is 347 g/mol. The maximum atomic E-state index is 6.11. The molecule has 3 rings (SSSR count). The predicted octanol–water partition coefficient (Wildman–Crippen LogP) is 3.02. The highest BCUT2D eigenvalue weighted by Gasteiger charge is 2.52. The molecule has 0 saturated carbocycles. The van der Waals surface area contributed by atoms with E-state index in [0.717, 1.165) is 30.1 Å². The first kappa shape index (κ1) is 17.8. The number of aromatic nitrogens is 2. The second-order valence-corrected chi connectivity index (χ2v) is 7.79. The molecule has 2 aliphatic heterocycles. The molecule has 130 valence electrons. The molecular formula is C17H26BN3O2S. The summed E-state index contributed by atoms with van der Waals surface area (Å²) in [5.74, 6) is 1.37. The first-order chi connectivity index (χ1) is 11.3. The highest BCUT2D eigenvalue weighted by Crippen LogP contribution is 2.39. The number of nitrogens with zero attached hydrogens (tertiary/aromatic N) is 3. The number of hydrogen-bond donors (Lipinski definition) is 1. The van der Waals surface area contributed by atoms with Crippen molar-refractivity contribution < 1.29 is 9.31 Å². The third-order valence-corrected chi connectivity index (χ3v) is 5.50. The van der Waals surface area contributed by atoms with E-state index in [-0.39, 0.29) is 18.3 Å². The molecule has 2 aliphatic rings. The van der Waals surface area contributed by atoms with Gasteiger partial charge in [0.05, 0.1) is 11.2 Å². The monoisotopic (exact) mass is 347 g/mol. The first-order valence-electron chi connectivity index (χ1n) is 8.56. The number of anilines is 1. The molecular weight excluding hydrogens is 321 g/mol. The Morgan fingerprint density at radius 3 is 2.21 bits per heavy atom. The zero-order valence-electron chi connectivity index (χ0n) is 15.0. The molecule has 7 heteroatoms. The van der Waals surface area contributed by atoms with Gasteiger partial charge in [-0.15, -0.1) is 0 Å². The minimum absolute atomic E-state index is 0.351. The van der Waals surface area contributed by atoms with Crippen LogP contribution >= 0.6 is 12.6 Å². The van der Waals surface area contributed by atoms with Crippen LogP contribution in [0.5, 0.6) is 0 Å². The number of hydrogen-bond acceptors (Lipinski definition) is 6. The van der Waals surface area contributed by atoms with Crippen LogP contribution in [0, 0.1) is 0 Å². The molecule has 0 unspecified atom stereocenters. The van der Waals surface area contributed by atoms with Gasteiger partial charge in [0.25, 0.3) is 0 Å². The maximum Gasteiger partial charge on any atom is 0.491 e. The molecule has 1 aromatic heterocycles. The largest absolute Gasteiger partial charge is 0.491 e. The molecule has 0 amide bonds. The van der Waals surface area contributed by atoms with E-state index in [1.165, 1.54) is 12.8 Å². The fraction of sp³-hybridized carbons (Fsp3) is 0.647. The minimum atomic E-state index is -0.384. The van der Waals surface area contributed by atoms with Gasteiger partial charge in [-0.1, -0.05) is 6.08 Å². The van der Waals surface area contributed by atoms with Gasteiger partial charge in [0.15, 0.2) is 0 Å². The van der Waals surface area contributed by atoms with E-state index >= 15 is 0 Å². The van der Waals surface area contributed by atoms with E-state index in [0.29, 0.717) is 5.75 Å². The fourth-order valence-electron chi connectivity index (χ4n) is 2.88. The normalized spacial score (nSPS) is 23.1. The number of thiol groups is 1. The van der Waals surface area contributed by atoms with Gasteiger partial charge in [0.2, 0.25) is 5.95 Å². The SMILES string of the molecule is CC1(C)OB(C(=Cc2cnc(N3CCCC3)nc2)CS)OC1(C)C. The van der Waals surface area contributed by atoms with Gasteiger partial charge in [-0.2, -0.15) is 12.6 Å². The van der Waals surface area contributed by atoms with E-state index in [2.05, 4.69) is 55.2 Å². The molecule has 0 bridgehead atoms. The number of rotatable bonds is 4. The van der Waals surface area contributed by atoms with Crippen molar-refractivity contribution in [1.82, 2.24) is 9.97 Å². The van der Waals surface area contributed by atoms with Crippen molar-refractivity contribution in [2.75, 3.05) is 23.7 Å². The summed E-state index contributed by atoms with van der Waals surface area (Å²) >= 11 is 4.45. The molecule has 0 aromatic carbocycles. The Labute approximate surface area is 150 Å². The van der Waals surface area contributed by atoms with Crippen LogP contribution in [0.15, 0.2) is 17.9 Å². The molecule has 0 radical (unpaired) electrons. The standard InChI is InChI=1S/C17H26BN3O2S/c1-16(2)17(3,4)23-18(22-16)14(12-24)9-13-10-19-15(20-11-13)21-7-5-6-8-21/h9-11,24H,5-8,12H2,1-4H3. The van der Waals surface area contributed by atoms with Crippen molar-refractivity contribution in [3.05, 3.63) is 23.4 Å². The summed E-state index contributed by atoms with van der Waals surface area (Å²) in [7, 11) is -0.384. The summed E-state index contributed by atoms with van der Waals surface area (Å²) < 4.78 is 12.2. The highest BCUT2D eigenvalue weighted by molar-refractivity contribution is 7.80. The van der Waals surface area contributed by atoms with Crippen molar-refractivity contribution in [1.29, 1.82) is 0 Å². The molecule has 5 nitrogen and oxygen atoms in total. The third kappa shape index (κ3) is 3.48. The van der Waals surface area contributed by atoms with E-state index in [1.54, 1.807) is 0 Å². The van der Waals surface area contributed by atoms with Crippen LogP contribution in [-0.2, 0) is 9.31 Å². The molecule has 1 aromatic rings. The highest BCUT2D eigenvalue weighted by atomic mass is 32.1. The van der Waals surface area contributed by atoms with Gasteiger partial charge in [-0.05, 0) is 46.0 Å². The minimum Gasteiger partial charge on any atom is -0.400 e. The van der Waals surface area contributed by atoms with Gasteiger partial charge < -0.3 is 14.2 Å². The van der Waals surface area contributed by atoms with Crippen LogP contribution in [-0.4, -0.2) is 47.1 Å². The first-order valence-corrected chi connectivity index (χ1v) is 9.19.